The van der Waals surface area contributed by atoms with Crippen LogP contribution in [0.25, 0.3) is 11.4 Å². The standard InChI is InChI=1S/C18H26N4O3/c1-5-18(6-2,11-19)17(23)20-12(3)16-21-15(22-25-16)13-9-7-8-10-14(13)24-4/h7-10,12H,5-6,11,19H2,1-4H3,(H,20,23). The van der Waals surface area contributed by atoms with Crippen molar-refractivity contribution in [1.29, 1.82) is 0 Å². The number of carbonyl (C=O) groups excluding carboxylic acids is 1. The molecule has 2 aromatic rings. The summed E-state index contributed by atoms with van der Waals surface area (Å²) in [5.74, 6) is 1.33. The molecular weight excluding hydrogens is 320 g/mol. The maximum absolute atomic E-state index is 12.6. The zero-order valence-corrected chi connectivity index (χ0v) is 15.2. The van der Waals surface area contributed by atoms with Crippen LogP contribution >= 0.6 is 0 Å². The van der Waals surface area contributed by atoms with Gasteiger partial charge in [-0.2, -0.15) is 4.98 Å². The van der Waals surface area contributed by atoms with Crippen LogP contribution in [0.1, 0.15) is 45.5 Å². The highest BCUT2D eigenvalue weighted by Gasteiger charge is 2.34. The Morgan fingerprint density at radius 2 is 2.04 bits per heavy atom. The van der Waals surface area contributed by atoms with Crippen LogP contribution in [0.4, 0.5) is 0 Å². The van der Waals surface area contributed by atoms with Crippen molar-refractivity contribution in [3.63, 3.8) is 0 Å². The SMILES string of the molecule is CCC(CC)(CN)C(=O)NC(C)c1nc(-c2ccccc2OC)no1. The maximum Gasteiger partial charge on any atom is 0.249 e. The highest BCUT2D eigenvalue weighted by atomic mass is 16.5. The molecule has 1 aromatic carbocycles. The van der Waals surface area contributed by atoms with Gasteiger partial charge in [0.1, 0.15) is 11.8 Å². The van der Waals surface area contributed by atoms with Crippen LogP contribution in [0.3, 0.4) is 0 Å². The summed E-state index contributed by atoms with van der Waals surface area (Å²) in [4.78, 5) is 17.0. The van der Waals surface area contributed by atoms with Gasteiger partial charge in [-0.1, -0.05) is 31.1 Å². The van der Waals surface area contributed by atoms with Gasteiger partial charge >= 0.3 is 0 Å². The fourth-order valence-electron chi connectivity index (χ4n) is 2.71. The number of hydrogen-bond acceptors (Lipinski definition) is 6. The van der Waals surface area contributed by atoms with Crippen molar-refractivity contribution in [2.45, 2.75) is 39.7 Å². The van der Waals surface area contributed by atoms with Crippen molar-refractivity contribution in [3.8, 4) is 17.1 Å². The van der Waals surface area contributed by atoms with E-state index < -0.39 is 11.5 Å². The van der Waals surface area contributed by atoms with Crippen LogP contribution in [-0.4, -0.2) is 29.7 Å². The third kappa shape index (κ3) is 3.82. The molecule has 2 rings (SSSR count). The fraction of sp³-hybridized carbons (Fsp3) is 0.500. The molecule has 1 unspecified atom stereocenters. The van der Waals surface area contributed by atoms with Gasteiger partial charge in [-0.15, -0.1) is 0 Å². The van der Waals surface area contributed by atoms with E-state index in [9.17, 15) is 4.79 Å². The van der Waals surface area contributed by atoms with Crippen LogP contribution in [0.15, 0.2) is 28.8 Å². The van der Waals surface area contributed by atoms with Gasteiger partial charge in [-0.05, 0) is 31.9 Å². The Balaban J connectivity index is 2.18. The van der Waals surface area contributed by atoms with Crippen LogP contribution < -0.4 is 15.8 Å². The van der Waals surface area contributed by atoms with Crippen molar-refractivity contribution in [1.82, 2.24) is 15.5 Å². The van der Waals surface area contributed by atoms with Gasteiger partial charge in [0, 0.05) is 6.54 Å². The molecule has 0 radical (unpaired) electrons. The zero-order chi connectivity index (χ0) is 18.4. The Bertz CT molecular complexity index is 702. The number of nitrogens with two attached hydrogens (primary N) is 1. The second kappa shape index (κ2) is 8.11. The first-order chi connectivity index (χ1) is 12.0. The van der Waals surface area contributed by atoms with E-state index in [-0.39, 0.29) is 5.91 Å². The number of carbonyl (C=O) groups is 1. The molecule has 0 aliphatic carbocycles. The van der Waals surface area contributed by atoms with Crippen LogP contribution in [-0.2, 0) is 4.79 Å². The molecule has 0 fully saturated rings. The highest BCUT2D eigenvalue weighted by molar-refractivity contribution is 5.83. The van der Waals surface area contributed by atoms with E-state index in [2.05, 4.69) is 15.5 Å². The molecule has 3 N–H and O–H groups in total. The van der Waals surface area contributed by atoms with Crippen LogP contribution in [0.2, 0.25) is 0 Å². The number of ether oxygens (including phenoxy) is 1. The molecule has 0 aliphatic rings. The van der Waals surface area contributed by atoms with Crippen LogP contribution in [0.5, 0.6) is 5.75 Å². The molecule has 0 saturated carbocycles. The molecule has 136 valence electrons. The number of amides is 1. The summed E-state index contributed by atoms with van der Waals surface area (Å²) < 4.78 is 10.6. The van der Waals surface area contributed by atoms with E-state index >= 15 is 0 Å². The Morgan fingerprint density at radius 3 is 2.64 bits per heavy atom. The minimum Gasteiger partial charge on any atom is -0.496 e. The van der Waals surface area contributed by atoms with Gasteiger partial charge in [0.2, 0.25) is 17.6 Å². The molecule has 0 aliphatic heterocycles. The average molecular weight is 346 g/mol. The second-order valence-electron chi connectivity index (χ2n) is 6.04. The van der Waals surface area contributed by atoms with E-state index in [0.29, 0.717) is 36.9 Å². The Kier molecular flexibility index (Phi) is 6.14. The summed E-state index contributed by atoms with van der Waals surface area (Å²) in [7, 11) is 1.59. The third-order valence-electron chi connectivity index (χ3n) is 4.73. The van der Waals surface area contributed by atoms with Gasteiger partial charge < -0.3 is 20.3 Å². The minimum atomic E-state index is -0.570. The number of nitrogens with zero attached hydrogens (tertiary/aromatic N) is 2. The average Bonchev–Trinajstić information content (AvgIpc) is 3.13. The van der Waals surface area contributed by atoms with Crippen molar-refractivity contribution in [2.75, 3.05) is 13.7 Å². The van der Waals surface area contributed by atoms with Gasteiger partial charge in [-0.3, -0.25) is 4.79 Å². The monoisotopic (exact) mass is 346 g/mol. The van der Waals surface area contributed by atoms with Gasteiger partial charge in [0.25, 0.3) is 0 Å². The number of rotatable bonds is 8. The lowest BCUT2D eigenvalue weighted by Crippen LogP contribution is -2.46. The molecule has 0 spiro atoms. The molecule has 1 atom stereocenters. The first-order valence-electron chi connectivity index (χ1n) is 8.49. The first-order valence-corrected chi connectivity index (χ1v) is 8.49. The van der Waals surface area contributed by atoms with E-state index in [0.717, 1.165) is 5.56 Å². The normalized spacial score (nSPS) is 12.7. The lowest BCUT2D eigenvalue weighted by molar-refractivity contribution is -0.131. The Hall–Kier alpha value is -2.41. The molecular formula is C18H26N4O3. The van der Waals surface area contributed by atoms with Crippen molar-refractivity contribution in [2.24, 2.45) is 11.1 Å². The molecule has 0 bridgehead atoms. The number of hydrogen-bond donors (Lipinski definition) is 2. The highest BCUT2D eigenvalue weighted by Crippen LogP contribution is 2.29. The lowest BCUT2D eigenvalue weighted by atomic mass is 9.81. The topological polar surface area (TPSA) is 103 Å². The van der Waals surface area contributed by atoms with E-state index in [1.54, 1.807) is 7.11 Å². The van der Waals surface area contributed by atoms with E-state index in [1.807, 2.05) is 45.0 Å². The van der Waals surface area contributed by atoms with Crippen molar-refractivity contribution in [3.05, 3.63) is 30.2 Å². The third-order valence-corrected chi connectivity index (χ3v) is 4.73. The molecule has 1 amide bonds. The largest absolute Gasteiger partial charge is 0.496 e. The van der Waals surface area contributed by atoms with Crippen molar-refractivity contribution < 1.29 is 14.1 Å². The number of para-hydroxylation sites is 1. The number of benzene rings is 1. The summed E-state index contributed by atoms with van der Waals surface area (Å²) in [6, 6.07) is 7.01. The molecule has 1 heterocycles. The molecule has 7 nitrogen and oxygen atoms in total. The Morgan fingerprint density at radius 1 is 1.36 bits per heavy atom. The van der Waals surface area contributed by atoms with Crippen molar-refractivity contribution >= 4 is 5.91 Å². The molecule has 25 heavy (non-hydrogen) atoms. The Labute approximate surface area is 147 Å². The molecule has 0 saturated heterocycles. The molecule has 1 aromatic heterocycles. The van der Waals surface area contributed by atoms with Gasteiger partial charge in [-0.25, -0.2) is 0 Å². The summed E-state index contributed by atoms with van der Waals surface area (Å²) in [5, 5.41) is 6.94. The smallest absolute Gasteiger partial charge is 0.249 e. The van der Waals surface area contributed by atoms with Gasteiger partial charge in [0.15, 0.2) is 0 Å². The maximum atomic E-state index is 12.6. The number of methoxy groups -OCH3 is 1. The summed E-state index contributed by atoms with van der Waals surface area (Å²) in [6.45, 7) is 6.04. The van der Waals surface area contributed by atoms with E-state index in [1.165, 1.54) is 0 Å². The van der Waals surface area contributed by atoms with E-state index in [4.69, 9.17) is 15.0 Å². The fourth-order valence-corrected chi connectivity index (χ4v) is 2.71. The zero-order valence-electron chi connectivity index (χ0n) is 15.2. The second-order valence-corrected chi connectivity index (χ2v) is 6.04. The number of nitrogens with one attached hydrogen (secondary N) is 1. The summed E-state index contributed by atoms with van der Waals surface area (Å²) >= 11 is 0. The predicted octanol–water partition coefficient (Wildman–Crippen LogP) is 2.69. The van der Waals surface area contributed by atoms with Crippen LogP contribution in [0, 0.1) is 5.41 Å². The predicted molar refractivity (Wildman–Crippen MR) is 94.9 cm³/mol. The lowest BCUT2D eigenvalue weighted by Gasteiger charge is -2.29. The summed E-state index contributed by atoms with van der Waals surface area (Å²) in [5.41, 5.74) is 5.99. The first kappa shape index (κ1) is 18.9. The quantitative estimate of drug-likeness (QED) is 0.762. The molecule has 7 heteroatoms. The van der Waals surface area contributed by atoms with Gasteiger partial charge in [0.05, 0.1) is 18.1 Å². The number of aromatic nitrogens is 2. The minimum absolute atomic E-state index is 0.0930. The summed E-state index contributed by atoms with van der Waals surface area (Å²) in [6.07, 6.45) is 1.35.